The zero-order valence-corrected chi connectivity index (χ0v) is 30.0. The van der Waals surface area contributed by atoms with Crippen LogP contribution in [0.2, 0.25) is 0 Å². The van der Waals surface area contributed by atoms with Gasteiger partial charge in [-0.25, -0.2) is 0 Å². The average Bonchev–Trinajstić information content (AvgIpc) is 3.46. The van der Waals surface area contributed by atoms with E-state index >= 15 is 0 Å². The number of fused-ring (bicyclic) bond motifs is 14. The molecule has 1 heterocycles. The van der Waals surface area contributed by atoms with Crippen molar-refractivity contribution < 1.29 is 0 Å². The van der Waals surface area contributed by atoms with Crippen LogP contribution < -0.4 is 4.90 Å². The Hall–Kier alpha value is -6.18. The van der Waals surface area contributed by atoms with Crippen molar-refractivity contribution >= 4 is 11.4 Å². The van der Waals surface area contributed by atoms with E-state index in [2.05, 4.69) is 207 Å². The highest BCUT2D eigenvalue weighted by atomic mass is 15.2. The van der Waals surface area contributed by atoms with Gasteiger partial charge in [-0.15, -0.1) is 0 Å². The molecule has 0 amide bonds. The molecule has 2 unspecified atom stereocenters. The zero-order valence-electron chi connectivity index (χ0n) is 30.0. The Labute approximate surface area is 312 Å². The summed E-state index contributed by atoms with van der Waals surface area (Å²) in [4.78, 5) is 2.56. The molecule has 7 aromatic rings. The van der Waals surface area contributed by atoms with E-state index in [4.69, 9.17) is 0 Å². The van der Waals surface area contributed by atoms with Crippen molar-refractivity contribution in [2.75, 3.05) is 4.90 Å². The number of nitrogens with zero attached hydrogens (tertiary/aromatic N) is 1. The van der Waals surface area contributed by atoms with Crippen LogP contribution in [0.15, 0.2) is 188 Å². The fourth-order valence-electron chi connectivity index (χ4n) is 10.5. The molecule has 11 rings (SSSR count). The van der Waals surface area contributed by atoms with Crippen LogP contribution in [0.3, 0.4) is 0 Å². The van der Waals surface area contributed by atoms with Crippen molar-refractivity contribution in [2.24, 2.45) is 5.92 Å². The summed E-state index contributed by atoms with van der Waals surface area (Å²) < 4.78 is 0. The molecule has 0 saturated heterocycles. The van der Waals surface area contributed by atoms with Gasteiger partial charge in [0, 0.05) is 22.7 Å². The third kappa shape index (κ3) is 4.03. The van der Waals surface area contributed by atoms with E-state index in [9.17, 15) is 0 Å². The van der Waals surface area contributed by atoms with Crippen molar-refractivity contribution in [3.8, 4) is 44.5 Å². The number of hydrogen-bond acceptors (Lipinski definition) is 1. The Morgan fingerprint density at radius 2 is 0.962 bits per heavy atom. The van der Waals surface area contributed by atoms with E-state index in [-0.39, 0.29) is 11.5 Å². The minimum atomic E-state index is -0.488. The lowest BCUT2D eigenvalue weighted by molar-refractivity contribution is 0.332. The molecule has 3 aliphatic carbocycles. The second-order valence-corrected chi connectivity index (χ2v) is 15.6. The van der Waals surface area contributed by atoms with Crippen molar-refractivity contribution in [1.29, 1.82) is 0 Å². The Balaban J connectivity index is 1.20. The van der Waals surface area contributed by atoms with E-state index in [1.54, 1.807) is 0 Å². The first-order chi connectivity index (χ1) is 26.1. The minimum absolute atomic E-state index is 0.0788. The standard InChI is InChI=1S/C52H39N/c1-51(2)45-28-14-15-30-48(45)53(35-17-4-3-5-18-35)49-32-31-34(33-47(49)51)36-24-16-29-46-50(36)41-23-10-13-27-44(41)52(46)42-25-11-8-21-39(42)37-19-6-7-20-38(37)40-22-9-12-26-43(40)52/h3-33,45,48H,1-2H3. The number of rotatable bonds is 2. The Kier molecular flexibility index (Phi) is 6.41. The highest BCUT2D eigenvalue weighted by molar-refractivity contribution is 6.01. The molecule has 0 N–H and O–H groups in total. The second kappa shape index (κ2) is 11.2. The summed E-state index contributed by atoms with van der Waals surface area (Å²) in [5.41, 5.74) is 19.1. The molecule has 0 fully saturated rings. The summed E-state index contributed by atoms with van der Waals surface area (Å²) in [6.07, 6.45) is 9.27. The van der Waals surface area contributed by atoms with Gasteiger partial charge in [0.2, 0.25) is 0 Å². The molecule has 0 aromatic heterocycles. The summed E-state index contributed by atoms with van der Waals surface area (Å²) in [5.74, 6) is 0.335. The van der Waals surface area contributed by atoms with Crippen molar-refractivity contribution in [3.63, 3.8) is 0 Å². The molecular formula is C52H39N. The summed E-state index contributed by atoms with van der Waals surface area (Å²) >= 11 is 0. The third-order valence-corrected chi connectivity index (χ3v) is 12.8. The van der Waals surface area contributed by atoms with Gasteiger partial charge >= 0.3 is 0 Å². The summed E-state index contributed by atoms with van der Waals surface area (Å²) in [5, 5.41) is 0. The average molecular weight is 678 g/mol. The molecule has 2 atom stereocenters. The lowest BCUT2D eigenvalue weighted by Crippen LogP contribution is -2.49. The Morgan fingerprint density at radius 3 is 1.64 bits per heavy atom. The first-order valence-electron chi connectivity index (χ1n) is 18.9. The summed E-state index contributed by atoms with van der Waals surface area (Å²) in [6.45, 7) is 4.88. The van der Waals surface area contributed by atoms with E-state index in [1.165, 1.54) is 83.7 Å². The van der Waals surface area contributed by atoms with Gasteiger partial charge in [0.25, 0.3) is 0 Å². The molecule has 4 aliphatic rings. The SMILES string of the molecule is CC1(C)c2cc(-c3cccc4c3-c3ccccc3C43c4ccccc4-c4ccccc4-c4ccccc43)ccc2N(c2ccccc2)C2C=CC=CC21. The molecular weight excluding hydrogens is 639 g/mol. The normalized spacial score (nSPS) is 18.9. The minimum Gasteiger partial charge on any atom is -0.334 e. The highest BCUT2D eigenvalue weighted by Crippen LogP contribution is 2.63. The maximum absolute atomic E-state index is 2.56. The van der Waals surface area contributed by atoms with Gasteiger partial charge in [0.05, 0.1) is 11.5 Å². The fourth-order valence-corrected chi connectivity index (χ4v) is 10.5. The van der Waals surface area contributed by atoms with Gasteiger partial charge in [0.1, 0.15) is 0 Å². The summed E-state index contributed by atoms with van der Waals surface area (Å²) in [7, 11) is 0. The van der Waals surface area contributed by atoms with E-state index < -0.39 is 5.41 Å². The van der Waals surface area contributed by atoms with Crippen LogP contribution in [0.1, 0.15) is 41.7 Å². The van der Waals surface area contributed by atoms with Crippen molar-refractivity contribution in [1.82, 2.24) is 0 Å². The van der Waals surface area contributed by atoms with Crippen LogP contribution in [-0.2, 0) is 10.8 Å². The van der Waals surface area contributed by atoms with Crippen molar-refractivity contribution in [3.05, 3.63) is 216 Å². The molecule has 1 nitrogen and oxygen atoms in total. The highest BCUT2D eigenvalue weighted by Gasteiger charge is 2.50. The van der Waals surface area contributed by atoms with Crippen LogP contribution in [0.4, 0.5) is 11.4 Å². The van der Waals surface area contributed by atoms with E-state index in [0.717, 1.165) is 0 Å². The summed E-state index contributed by atoms with van der Waals surface area (Å²) in [6, 6.07) is 62.0. The lowest BCUT2D eigenvalue weighted by atomic mass is 9.64. The van der Waals surface area contributed by atoms with Crippen molar-refractivity contribution in [2.45, 2.75) is 30.7 Å². The smallest absolute Gasteiger partial charge is 0.0725 e. The van der Waals surface area contributed by atoms with Crippen LogP contribution in [0, 0.1) is 5.92 Å². The maximum Gasteiger partial charge on any atom is 0.0725 e. The third-order valence-electron chi connectivity index (χ3n) is 12.8. The van der Waals surface area contributed by atoms with Crippen LogP contribution in [-0.4, -0.2) is 6.04 Å². The number of hydrogen-bond donors (Lipinski definition) is 0. The van der Waals surface area contributed by atoms with Crippen LogP contribution in [0.5, 0.6) is 0 Å². The fraction of sp³-hybridized carbons (Fsp3) is 0.115. The number of allylic oxidation sites excluding steroid dienone is 2. The van der Waals surface area contributed by atoms with Gasteiger partial charge in [-0.3, -0.25) is 0 Å². The molecule has 1 spiro atoms. The van der Waals surface area contributed by atoms with Crippen LogP contribution in [0.25, 0.3) is 44.5 Å². The van der Waals surface area contributed by atoms with E-state index in [0.29, 0.717) is 5.92 Å². The Morgan fingerprint density at radius 1 is 0.434 bits per heavy atom. The van der Waals surface area contributed by atoms with Gasteiger partial charge in [-0.05, 0) is 96.6 Å². The number of benzene rings is 7. The molecule has 53 heavy (non-hydrogen) atoms. The molecule has 7 aromatic carbocycles. The number of anilines is 2. The predicted molar refractivity (Wildman–Crippen MR) is 221 cm³/mol. The lowest BCUT2D eigenvalue weighted by Gasteiger charge is -2.51. The maximum atomic E-state index is 2.56. The zero-order chi connectivity index (χ0) is 35.3. The van der Waals surface area contributed by atoms with Crippen LogP contribution >= 0.6 is 0 Å². The molecule has 252 valence electrons. The second-order valence-electron chi connectivity index (χ2n) is 15.6. The topological polar surface area (TPSA) is 3.24 Å². The molecule has 1 aliphatic heterocycles. The van der Waals surface area contributed by atoms with Gasteiger partial charge in [-0.1, -0.05) is 178 Å². The molecule has 0 radical (unpaired) electrons. The monoisotopic (exact) mass is 677 g/mol. The van der Waals surface area contributed by atoms with E-state index in [1.807, 2.05) is 0 Å². The van der Waals surface area contributed by atoms with Gasteiger partial charge in [-0.2, -0.15) is 0 Å². The number of para-hydroxylation sites is 1. The first kappa shape index (κ1) is 30.4. The Bertz CT molecular complexity index is 2610. The molecule has 0 saturated carbocycles. The van der Waals surface area contributed by atoms with Gasteiger partial charge < -0.3 is 4.90 Å². The molecule has 1 heteroatoms. The predicted octanol–water partition coefficient (Wildman–Crippen LogP) is 12.9. The molecule has 0 bridgehead atoms. The first-order valence-corrected chi connectivity index (χ1v) is 18.9. The van der Waals surface area contributed by atoms with Gasteiger partial charge in [0.15, 0.2) is 0 Å². The largest absolute Gasteiger partial charge is 0.334 e. The quantitative estimate of drug-likeness (QED) is 0.176.